The number of hydrogen-bond donors (Lipinski definition) is 2. The molecule has 1 heterocycles. The molecular weight excluding hydrogens is 268 g/mol. The van der Waals surface area contributed by atoms with Crippen molar-refractivity contribution < 1.29 is 8.42 Å². The van der Waals surface area contributed by atoms with Crippen LogP contribution in [-0.4, -0.2) is 8.42 Å². The van der Waals surface area contributed by atoms with Crippen molar-refractivity contribution in [1.29, 1.82) is 0 Å². The summed E-state index contributed by atoms with van der Waals surface area (Å²) >= 11 is 1.29. The van der Waals surface area contributed by atoms with Gasteiger partial charge in [-0.05, 0) is 42.8 Å². The van der Waals surface area contributed by atoms with Crippen molar-refractivity contribution in [3.05, 3.63) is 41.3 Å². The molecule has 0 amide bonds. The fraction of sp³-hybridized carbons (Fsp3) is 0.167. The summed E-state index contributed by atoms with van der Waals surface area (Å²) in [6.07, 6.45) is 0.835. The van der Waals surface area contributed by atoms with Gasteiger partial charge in [0, 0.05) is 16.3 Å². The molecule has 0 saturated carbocycles. The Hall–Kier alpha value is -1.53. The summed E-state index contributed by atoms with van der Waals surface area (Å²) in [7, 11) is -3.49. The van der Waals surface area contributed by atoms with Gasteiger partial charge in [0.05, 0.1) is 0 Å². The topological polar surface area (TPSA) is 72.2 Å². The van der Waals surface area contributed by atoms with E-state index in [1.165, 1.54) is 11.3 Å². The SMILES string of the molecule is CCc1ccc(S(=O)(=O)Nc2ccc(N)cc2)s1. The number of aryl methyl sites for hydroxylation is 1. The molecule has 0 unspecified atom stereocenters. The number of thiophene rings is 1. The summed E-state index contributed by atoms with van der Waals surface area (Å²) in [4.78, 5) is 1.05. The molecule has 3 N–H and O–H groups in total. The Morgan fingerprint density at radius 1 is 1.17 bits per heavy atom. The van der Waals surface area contributed by atoms with Crippen molar-refractivity contribution in [1.82, 2.24) is 0 Å². The molecule has 0 atom stereocenters. The predicted molar refractivity (Wildman–Crippen MR) is 75.4 cm³/mol. The number of nitrogens with one attached hydrogen (secondary N) is 1. The molecule has 6 heteroatoms. The number of rotatable bonds is 4. The second-order valence-corrected chi connectivity index (χ2v) is 6.88. The van der Waals surface area contributed by atoms with Crippen LogP contribution >= 0.6 is 11.3 Å². The van der Waals surface area contributed by atoms with Gasteiger partial charge in [-0.15, -0.1) is 11.3 Å². The van der Waals surface area contributed by atoms with E-state index in [0.717, 1.165) is 11.3 Å². The zero-order chi connectivity index (χ0) is 13.2. The Morgan fingerprint density at radius 2 is 1.83 bits per heavy atom. The van der Waals surface area contributed by atoms with Crippen LogP contribution in [0.1, 0.15) is 11.8 Å². The first-order chi connectivity index (χ1) is 8.51. The number of nitrogen functional groups attached to an aromatic ring is 1. The van der Waals surface area contributed by atoms with E-state index in [1.807, 2.05) is 13.0 Å². The van der Waals surface area contributed by atoms with Crippen LogP contribution in [0, 0.1) is 0 Å². The molecule has 0 saturated heterocycles. The van der Waals surface area contributed by atoms with Gasteiger partial charge in [0.1, 0.15) is 4.21 Å². The van der Waals surface area contributed by atoms with Crippen molar-refractivity contribution in [2.45, 2.75) is 17.6 Å². The quantitative estimate of drug-likeness (QED) is 0.847. The lowest BCUT2D eigenvalue weighted by Crippen LogP contribution is -2.11. The molecule has 1 aromatic carbocycles. The average Bonchev–Trinajstić information content (AvgIpc) is 2.81. The van der Waals surface area contributed by atoms with Crippen molar-refractivity contribution in [2.24, 2.45) is 0 Å². The fourth-order valence-corrected chi connectivity index (χ4v) is 3.80. The first-order valence-electron chi connectivity index (χ1n) is 5.48. The number of nitrogens with two attached hydrogens (primary N) is 1. The van der Waals surface area contributed by atoms with E-state index in [1.54, 1.807) is 30.3 Å². The number of anilines is 2. The highest BCUT2D eigenvalue weighted by Gasteiger charge is 2.16. The molecule has 18 heavy (non-hydrogen) atoms. The van der Waals surface area contributed by atoms with E-state index in [9.17, 15) is 8.42 Å². The fourth-order valence-electron chi connectivity index (χ4n) is 1.45. The number of sulfonamides is 1. The summed E-state index contributed by atoms with van der Waals surface area (Å²) in [6, 6.07) is 10.1. The third-order valence-electron chi connectivity index (χ3n) is 2.41. The second-order valence-electron chi connectivity index (χ2n) is 3.80. The van der Waals surface area contributed by atoms with Gasteiger partial charge in [-0.25, -0.2) is 8.42 Å². The Bertz CT molecular complexity index is 630. The van der Waals surface area contributed by atoms with Gasteiger partial charge in [-0.2, -0.15) is 0 Å². The monoisotopic (exact) mass is 282 g/mol. The third kappa shape index (κ3) is 2.83. The molecule has 0 fully saturated rings. The molecule has 0 aliphatic heterocycles. The van der Waals surface area contributed by atoms with Crippen molar-refractivity contribution >= 4 is 32.7 Å². The van der Waals surface area contributed by atoms with Gasteiger partial charge < -0.3 is 5.73 Å². The first kappa shape index (κ1) is 12.9. The van der Waals surface area contributed by atoms with Crippen LogP contribution in [0.2, 0.25) is 0 Å². The summed E-state index contributed by atoms with van der Waals surface area (Å²) in [5.41, 5.74) is 6.66. The third-order valence-corrected chi connectivity index (χ3v) is 5.52. The lowest BCUT2D eigenvalue weighted by atomic mass is 10.3. The zero-order valence-electron chi connectivity index (χ0n) is 9.88. The molecule has 0 spiro atoms. The first-order valence-corrected chi connectivity index (χ1v) is 7.78. The van der Waals surface area contributed by atoms with Gasteiger partial charge >= 0.3 is 0 Å². The lowest BCUT2D eigenvalue weighted by molar-refractivity contribution is 0.603. The van der Waals surface area contributed by atoms with Gasteiger partial charge in [0.15, 0.2) is 0 Å². The molecule has 2 aromatic rings. The van der Waals surface area contributed by atoms with E-state index < -0.39 is 10.0 Å². The highest BCUT2D eigenvalue weighted by Crippen LogP contribution is 2.24. The maximum absolute atomic E-state index is 12.1. The van der Waals surface area contributed by atoms with Crippen LogP contribution < -0.4 is 10.5 Å². The highest BCUT2D eigenvalue weighted by atomic mass is 32.2. The summed E-state index contributed by atoms with van der Waals surface area (Å²) in [6.45, 7) is 2.00. The van der Waals surface area contributed by atoms with Gasteiger partial charge in [0.2, 0.25) is 0 Å². The number of benzene rings is 1. The molecule has 96 valence electrons. The van der Waals surface area contributed by atoms with Crippen molar-refractivity contribution in [3.8, 4) is 0 Å². The smallest absolute Gasteiger partial charge is 0.271 e. The highest BCUT2D eigenvalue weighted by molar-refractivity contribution is 7.94. The maximum Gasteiger partial charge on any atom is 0.271 e. The van der Waals surface area contributed by atoms with Crippen molar-refractivity contribution in [3.63, 3.8) is 0 Å². The molecule has 0 aliphatic rings. The standard InChI is InChI=1S/C12H14N2O2S2/c1-2-11-7-8-12(17-11)18(15,16)14-10-5-3-9(13)4-6-10/h3-8,14H,2,13H2,1H3. The van der Waals surface area contributed by atoms with E-state index >= 15 is 0 Å². The van der Waals surface area contributed by atoms with Gasteiger partial charge in [0.25, 0.3) is 10.0 Å². The Morgan fingerprint density at radius 3 is 2.39 bits per heavy atom. The molecule has 1 aromatic heterocycles. The Balaban J connectivity index is 2.24. The van der Waals surface area contributed by atoms with Crippen LogP contribution in [0.15, 0.2) is 40.6 Å². The molecule has 2 rings (SSSR count). The molecule has 0 aliphatic carbocycles. The van der Waals surface area contributed by atoms with Crippen LogP contribution in [0.4, 0.5) is 11.4 Å². The molecule has 0 bridgehead atoms. The predicted octanol–water partition coefficient (Wildman–Crippen LogP) is 2.69. The van der Waals surface area contributed by atoms with Crippen LogP contribution in [0.3, 0.4) is 0 Å². The average molecular weight is 282 g/mol. The maximum atomic E-state index is 12.1. The Kier molecular flexibility index (Phi) is 3.58. The van der Waals surface area contributed by atoms with Crippen LogP contribution in [0.5, 0.6) is 0 Å². The van der Waals surface area contributed by atoms with Crippen molar-refractivity contribution in [2.75, 3.05) is 10.5 Å². The Labute approximate surface area is 111 Å². The van der Waals surface area contributed by atoms with Gasteiger partial charge in [-0.1, -0.05) is 6.92 Å². The lowest BCUT2D eigenvalue weighted by Gasteiger charge is -2.06. The molecule has 0 radical (unpaired) electrons. The minimum absolute atomic E-state index is 0.330. The van der Waals surface area contributed by atoms with E-state index in [0.29, 0.717) is 15.6 Å². The largest absolute Gasteiger partial charge is 0.399 e. The van der Waals surface area contributed by atoms with Gasteiger partial charge in [-0.3, -0.25) is 4.72 Å². The molecule has 4 nitrogen and oxygen atoms in total. The zero-order valence-corrected chi connectivity index (χ0v) is 11.5. The normalized spacial score (nSPS) is 11.4. The van der Waals surface area contributed by atoms with E-state index in [4.69, 9.17) is 5.73 Å². The van der Waals surface area contributed by atoms with Crippen LogP contribution in [-0.2, 0) is 16.4 Å². The minimum Gasteiger partial charge on any atom is -0.399 e. The minimum atomic E-state index is -3.49. The van der Waals surface area contributed by atoms with E-state index in [2.05, 4.69) is 4.72 Å². The second kappa shape index (κ2) is 4.99. The number of hydrogen-bond acceptors (Lipinski definition) is 4. The van der Waals surface area contributed by atoms with Crippen LogP contribution in [0.25, 0.3) is 0 Å². The summed E-state index contributed by atoms with van der Waals surface area (Å²) in [5.74, 6) is 0. The molecular formula is C12H14N2O2S2. The summed E-state index contributed by atoms with van der Waals surface area (Å²) < 4.78 is 27.0. The summed E-state index contributed by atoms with van der Waals surface area (Å²) in [5, 5.41) is 0. The van der Waals surface area contributed by atoms with E-state index in [-0.39, 0.29) is 0 Å².